The van der Waals surface area contributed by atoms with Crippen LogP contribution in [0.2, 0.25) is 0 Å². The Morgan fingerprint density at radius 1 is 1.10 bits per heavy atom. The molecule has 2 amide bonds. The zero-order valence-corrected chi connectivity index (χ0v) is 11.5. The molecule has 4 aliphatic carbocycles. The highest BCUT2D eigenvalue weighted by molar-refractivity contribution is 6.13. The third-order valence-electron chi connectivity index (χ3n) is 5.75. The van der Waals surface area contributed by atoms with E-state index in [1.807, 2.05) is 0 Å². The largest absolute Gasteiger partial charge is 0.481 e. The Morgan fingerprint density at radius 2 is 1.76 bits per heavy atom. The molecule has 2 N–H and O–H groups in total. The van der Waals surface area contributed by atoms with Crippen LogP contribution in [0.25, 0.3) is 0 Å². The average Bonchev–Trinajstić information content (AvgIpc) is 2.66. The van der Waals surface area contributed by atoms with Crippen molar-refractivity contribution in [1.82, 2.24) is 4.90 Å². The number of imide groups is 1. The van der Waals surface area contributed by atoms with Gasteiger partial charge >= 0.3 is 5.97 Å². The first kappa shape index (κ1) is 13.0. The summed E-state index contributed by atoms with van der Waals surface area (Å²) in [4.78, 5) is 37.1. The van der Waals surface area contributed by atoms with Crippen molar-refractivity contribution in [3.8, 4) is 0 Å². The number of aliphatic carboxylic acids is 1. The van der Waals surface area contributed by atoms with E-state index in [-0.39, 0.29) is 30.6 Å². The van der Waals surface area contributed by atoms with Gasteiger partial charge in [0.25, 0.3) is 11.8 Å². The third-order valence-corrected chi connectivity index (χ3v) is 5.75. The van der Waals surface area contributed by atoms with Gasteiger partial charge in [0.2, 0.25) is 0 Å². The van der Waals surface area contributed by atoms with Crippen LogP contribution in [0, 0.1) is 11.3 Å². The van der Waals surface area contributed by atoms with E-state index in [4.69, 9.17) is 0 Å². The molecule has 6 heteroatoms. The topological polar surface area (TPSA) is 94.9 Å². The minimum absolute atomic E-state index is 0.0588. The Morgan fingerprint density at radius 3 is 2.33 bits per heavy atom. The third kappa shape index (κ3) is 1.54. The van der Waals surface area contributed by atoms with E-state index in [2.05, 4.69) is 0 Å². The van der Waals surface area contributed by atoms with Gasteiger partial charge in [-0.25, -0.2) is 0 Å². The molecule has 4 fully saturated rings. The van der Waals surface area contributed by atoms with Crippen molar-refractivity contribution in [1.29, 1.82) is 0 Å². The molecule has 4 bridgehead atoms. The number of nitrogens with zero attached hydrogens (tertiary/aromatic N) is 1. The van der Waals surface area contributed by atoms with Crippen molar-refractivity contribution in [3.05, 3.63) is 12.2 Å². The van der Waals surface area contributed by atoms with Gasteiger partial charge in [0.1, 0.15) is 0 Å². The lowest BCUT2D eigenvalue weighted by molar-refractivity contribution is -0.216. The molecule has 6 nitrogen and oxygen atoms in total. The van der Waals surface area contributed by atoms with Crippen LogP contribution in [-0.4, -0.2) is 44.0 Å². The fourth-order valence-electron chi connectivity index (χ4n) is 5.69. The zero-order valence-electron chi connectivity index (χ0n) is 11.5. The molecule has 4 atom stereocenters. The van der Waals surface area contributed by atoms with E-state index in [1.54, 1.807) is 0 Å². The van der Waals surface area contributed by atoms with Crippen LogP contribution in [0.15, 0.2) is 12.2 Å². The molecular formula is C15H17NO5. The van der Waals surface area contributed by atoms with Crippen molar-refractivity contribution < 1.29 is 24.6 Å². The summed E-state index contributed by atoms with van der Waals surface area (Å²) in [5.41, 5.74) is -2.90. The number of amides is 2. The quantitative estimate of drug-likeness (QED) is 0.720. The van der Waals surface area contributed by atoms with Crippen LogP contribution >= 0.6 is 0 Å². The van der Waals surface area contributed by atoms with Gasteiger partial charge in [-0.3, -0.25) is 19.3 Å². The minimum Gasteiger partial charge on any atom is -0.481 e. The molecule has 1 aliphatic heterocycles. The van der Waals surface area contributed by atoms with Crippen molar-refractivity contribution in [2.24, 2.45) is 11.3 Å². The summed E-state index contributed by atoms with van der Waals surface area (Å²) in [5, 5.41) is 20.4. The van der Waals surface area contributed by atoms with Crippen LogP contribution in [0.3, 0.4) is 0 Å². The number of rotatable bonds is 2. The maximum atomic E-state index is 12.1. The van der Waals surface area contributed by atoms with Gasteiger partial charge in [-0.1, -0.05) is 0 Å². The second-order valence-corrected chi connectivity index (χ2v) is 7.39. The summed E-state index contributed by atoms with van der Waals surface area (Å²) in [5.74, 6) is -1.62. The van der Waals surface area contributed by atoms with Crippen LogP contribution in [0.5, 0.6) is 0 Å². The summed E-state index contributed by atoms with van der Waals surface area (Å²) >= 11 is 0. The molecule has 0 aromatic carbocycles. The van der Waals surface area contributed by atoms with E-state index < -0.39 is 22.5 Å². The smallest absolute Gasteiger partial charge is 0.309 e. The molecule has 0 spiro atoms. The first-order valence-corrected chi connectivity index (χ1v) is 7.30. The Labute approximate surface area is 121 Å². The molecule has 0 radical (unpaired) electrons. The summed E-state index contributed by atoms with van der Waals surface area (Å²) in [6.45, 7) is 0. The van der Waals surface area contributed by atoms with Crippen LogP contribution in [0.4, 0.5) is 0 Å². The number of carboxylic acid groups (broad SMARTS) is 1. The van der Waals surface area contributed by atoms with Gasteiger partial charge in [0.15, 0.2) is 0 Å². The Balaban J connectivity index is 1.82. The number of hydrogen-bond acceptors (Lipinski definition) is 4. The van der Waals surface area contributed by atoms with Gasteiger partial charge in [-0.2, -0.15) is 0 Å². The standard InChI is InChI=1S/C15H17NO5/c17-10-1-2-11(18)16(10)14-4-9-3-13(6-14,12(19)20)7-15(21,5-9)8-14/h1-2,9,21H,3-8H2,(H,19,20). The number of carboxylic acids is 1. The molecule has 5 aliphatic rings. The van der Waals surface area contributed by atoms with E-state index >= 15 is 0 Å². The number of aliphatic hydroxyl groups is 1. The second kappa shape index (κ2) is 3.55. The van der Waals surface area contributed by atoms with Crippen molar-refractivity contribution >= 4 is 17.8 Å². The van der Waals surface area contributed by atoms with Crippen molar-refractivity contribution in [3.63, 3.8) is 0 Å². The molecule has 21 heavy (non-hydrogen) atoms. The number of carbonyl (C=O) groups excluding carboxylic acids is 2. The predicted molar refractivity (Wildman–Crippen MR) is 69.9 cm³/mol. The monoisotopic (exact) mass is 291 g/mol. The molecule has 5 rings (SSSR count). The fraction of sp³-hybridized carbons (Fsp3) is 0.667. The molecule has 0 aromatic heterocycles. The predicted octanol–water partition coefficient (Wildman–Crippen LogP) is 0.450. The van der Waals surface area contributed by atoms with E-state index in [0.717, 1.165) is 0 Å². The molecule has 0 aromatic rings. The lowest BCUT2D eigenvalue weighted by Crippen LogP contribution is -2.70. The van der Waals surface area contributed by atoms with Gasteiger partial charge in [-0.05, 0) is 38.0 Å². The Hall–Kier alpha value is -1.69. The summed E-state index contributed by atoms with van der Waals surface area (Å²) in [7, 11) is 0. The van der Waals surface area contributed by atoms with Crippen molar-refractivity contribution in [2.45, 2.75) is 49.7 Å². The van der Waals surface area contributed by atoms with Gasteiger partial charge in [-0.15, -0.1) is 0 Å². The molecule has 1 heterocycles. The zero-order chi connectivity index (χ0) is 15.0. The van der Waals surface area contributed by atoms with Crippen LogP contribution < -0.4 is 0 Å². The maximum Gasteiger partial charge on any atom is 0.309 e. The molecule has 4 unspecified atom stereocenters. The summed E-state index contributed by atoms with van der Waals surface area (Å²) in [6.07, 6.45) is 5.01. The molecular weight excluding hydrogens is 274 g/mol. The summed E-state index contributed by atoms with van der Waals surface area (Å²) in [6, 6.07) is 0. The fourth-order valence-corrected chi connectivity index (χ4v) is 5.69. The first-order valence-electron chi connectivity index (χ1n) is 7.30. The Bertz CT molecular complexity index is 595. The minimum atomic E-state index is -1.07. The highest BCUT2D eigenvalue weighted by atomic mass is 16.4. The molecule has 112 valence electrons. The normalized spacial score (nSPS) is 47.5. The van der Waals surface area contributed by atoms with Crippen molar-refractivity contribution in [2.75, 3.05) is 0 Å². The lowest BCUT2D eigenvalue weighted by atomic mass is 9.45. The molecule has 4 saturated carbocycles. The SMILES string of the molecule is O=C1C=CC(=O)N1C12CC3CC(O)(CC(C(=O)O)(C3)C1)C2. The molecule has 0 saturated heterocycles. The first-order chi connectivity index (χ1) is 9.78. The van der Waals surface area contributed by atoms with Gasteiger partial charge in [0.05, 0.1) is 16.6 Å². The van der Waals surface area contributed by atoms with E-state index in [0.29, 0.717) is 25.7 Å². The Kier molecular flexibility index (Phi) is 2.20. The lowest BCUT2D eigenvalue weighted by Gasteiger charge is -2.64. The van der Waals surface area contributed by atoms with Crippen LogP contribution in [0.1, 0.15) is 38.5 Å². The average molecular weight is 291 g/mol. The maximum absolute atomic E-state index is 12.1. The van der Waals surface area contributed by atoms with E-state index in [9.17, 15) is 24.6 Å². The summed E-state index contributed by atoms with van der Waals surface area (Å²) < 4.78 is 0. The van der Waals surface area contributed by atoms with Gasteiger partial charge in [0, 0.05) is 18.6 Å². The van der Waals surface area contributed by atoms with Crippen LogP contribution in [-0.2, 0) is 14.4 Å². The second-order valence-electron chi connectivity index (χ2n) is 7.39. The number of hydrogen-bond donors (Lipinski definition) is 2. The highest BCUT2D eigenvalue weighted by Crippen LogP contribution is 2.65. The van der Waals surface area contributed by atoms with E-state index in [1.165, 1.54) is 17.1 Å². The highest BCUT2D eigenvalue weighted by Gasteiger charge is 2.68. The van der Waals surface area contributed by atoms with Gasteiger partial charge < -0.3 is 10.2 Å². The number of carbonyl (C=O) groups is 3.